The smallest absolute Gasteiger partial charge is 0.255 e. The molecular weight excluding hydrogens is 318 g/mol. The predicted octanol–water partition coefficient (Wildman–Crippen LogP) is 2.67. The quantitative estimate of drug-likeness (QED) is 0.754. The SMILES string of the molecule is Cn1cc(C(=O)NCC(O)c2ccsc2)c(-c2cccs2)n1. The molecule has 0 aliphatic heterocycles. The normalized spacial score (nSPS) is 12.3. The zero-order chi connectivity index (χ0) is 15.5. The number of aliphatic hydroxyl groups excluding tert-OH is 1. The standard InChI is InChI=1S/C15H15N3O2S2/c1-18-8-11(14(17-18)13-3-2-5-22-13)15(20)16-7-12(19)10-4-6-21-9-10/h2-6,8-9,12,19H,7H2,1H3,(H,16,20). The van der Waals surface area contributed by atoms with Gasteiger partial charge < -0.3 is 10.4 Å². The fraction of sp³-hybridized carbons (Fsp3) is 0.200. The summed E-state index contributed by atoms with van der Waals surface area (Å²) in [6.07, 6.45) is 0.999. The number of nitrogens with one attached hydrogen (secondary N) is 1. The van der Waals surface area contributed by atoms with Crippen LogP contribution in [0.2, 0.25) is 0 Å². The van der Waals surface area contributed by atoms with E-state index in [4.69, 9.17) is 0 Å². The number of aryl methyl sites for hydroxylation is 1. The second kappa shape index (κ2) is 6.43. The molecule has 0 saturated carbocycles. The number of carbonyl (C=O) groups is 1. The third kappa shape index (κ3) is 3.11. The first-order chi connectivity index (χ1) is 10.6. The van der Waals surface area contributed by atoms with E-state index >= 15 is 0 Å². The van der Waals surface area contributed by atoms with Crippen LogP contribution in [0.25, 0.3) is 10.6 Å². The summed E-state index contributed by atoms with van der Waals surface area (Å²) in [5.74, 6) is -0.231. The van der Waals surface area contributed by atoms with Gasteiger partial charge in [0.15, 0.2) is 0 Å². The highest BCUT2D eigenvalue weighted by Crippen LogP contribution is 2.26. The third-order valence-electron chi connectivity index (χ3n) is 3.21. The molecule has 0 aliphatic rings. The lowest BCUT2D eigenvalue weighted by Crippen LogP contribution is -2.28. The van der Waals surface area contributed by atoms with E-state index in [1.165, 1.54) is 22.7 Å². The molecule has 2 N–H and O–H groups in total. The van der Waals surface area contributed by atoms with Gasteiger partial charge in [-0.05, 0) is 33.8 Å². The molecule has 0 radical (unpaired) electrons. The summed E-state index contributed by atoms with van der Waals surface area (Å²) in [5, 5.41) is 22.9. The fourth-order valence-electron chi connectivity index (χ4n) is 2.12. The molecule has 0 saturated heterocycles. The van der Waals surface area contributed by atoms with E-state index in [1.807, 2.05) is 34.3 Å². The molecule has 3 rings (SSSR count). The highest BCUT2D eigenvalue weighted by atomic mass is 32.1. The predicted molar refractivity (Wildman–Crippen MR) is 88.1 cm³/mol. The van der Waals surface area contributed by atoms with Gasteiger partial charge in [-0.2, -0.15) is 16.4 Å². The molecule has 22 heavy (non-hydrogen) atoms. The summed E-state index contributed by atoms with van der Waals surface area (Å²) >= 11 is 3.06. The van der Waals surface area contributed by atoms with Gasteiger partial charge in [0.2, 0.25) is 0 Å². The van der Waals surface area contributed by atoms with Crippen LogP contribution < -0.4 is 5.32 Å². The second-order valence-electron chi connectivity index (χ2n) is 4.82. The van der Waals surface area contributed by atoms with Crippen LogP contribution in [0.1, 0.15) is 22.0 Å². The average Bonchev–Trinajstić information content (AvgIpc) is 3.23. The van der Waals surface area contributed by atoms with Gasteiger partial charge in [-0.3, -0.25) is 9.48 Å². The summed E-state index contributed by atoms with van der Waals surface area (Å²) in [6.45, 7) is 0.175. The summed E-state index contributed by atoms with van der Waals surface area (Å²) < 4.78 is 1.62. The molecule has 7 heteroatoms. The highest BCUT2D eigenvalue weighted by molar-refractivity contribution is 7.13. The maximum absolute atomic E-state index is 12.4. The molecule has 0 spiro atoms. The Hall–Kier alpha value is -1.96. The number of carbonyl (C=O) groups excluding carboxylic acids is 1. The van der Waals surface area contributed by atoms with E-state index in [9.17, 15) is 9.90 Å². The first-order valence-electron chi connectivity index (χ1n) is 6.71. The van der Waals surface area contributed by atoms with Crippen LogP contribution >= 0.6 is 22.7 Å². The molecule has 1 atom stereocenters. The Morgan fingerprint density at radius 1 is 1.45 bits per heavy atom. The zero-order valence-corrected chi connectivity index (χ0v) is 13.5. The number of aliphatic hydroxyl groups is 1. The van der Waals surface area contributed by atoms with Crippen LogP contribution in [-0.4, -0.2) is 27.3 Å². The Kier molecular flexibility index (Phi) is 4.37. The Morgan fingerprint density at radius 3 is 3.00 bits per heavy atom. The Bertz CT molecular complexity index is 748. The van der Waals surface area contributed by atoms with Crippen LogP contribution in [0.5, 0.6) is 0 Å². The van der Waals surface area contributed by atoms with E-state index in [0.717, 1.165) is 10.4 Å². The second-order valence-corrected chi connectivity index (χ2v) is 6.55. The largest absolute Gasteiger partial charge is 0.387 e. The van der Waals surface area contributed by atoms with Crippen molar-refractivity contribution < 1.29 is 9.90 Å². The van der Waals surface area contributed by atoms with E-state index in [0.29, 0.717) is 11.3 Å². The molecule has 0 fully saturated rings. The van der Waals surface area contributed by atoms with Gasteiger partial charge in [0.05, 0.1) is 16.5 Å². The summed E-state index contributed by atoms with van der Waals surface area (Å²) in [6, 6.07) is 5.71. The minimum atomic E-state index is -0.697. The summed E-state index contributed by atoms with van der Waals surface area (Å²) in [7, 11) is 1.79. The molecule has 0 bridgehead atoms. The van der Waals surface area contributed by atoms with E-state index in [1.54, 1.807) is 17.9 Å². The van der Waals surface area contributed by atoms with Gasteiger partial charge in [-0.1, -0.05) is 6.07 Å². The van der Waals surface area contributed by atoms with E-state index in [2.05, 4.69) is 10.4 Å². The number of amides is 1. The van der Waals surface area contributed by atoms with Crippen LogP contribution in [-0.2, 0) is 7.05 Å². The van der Waals surface area contributed by atoms with Gasteiger partial charge in [0.1, 0.15) is 5.69 Å². The fourth-order valence-corrected chi connectivity index (χ4v) is 3.55. The van der Waals surface area contributed by atoms with Crippen LogP contribution in [0.3, 0.4) is 0 Å². The van der Waals surface area contributed by atoms with Crippen LogP contribution in [0, 0.1) is 0 Å². The summed E-state index contributed by atoms with van der Waals surface area (Å²) in [5.41, 5.74) is 2.00. The van der Waals surface area contributed by atoms with Crippen LogP contribution in [0.4, 0.5) is 0 Å². The van der Waals surface area contributed by atoms with Crippen molar-refractivity contribution in [1.29, 1.82) is 0 Å². The molecule has 114 valence electrons. The van der Waals surface area contributed by atoms with E-state index in [-0.39, 0.29) is 12.5 Å². The summed E-state index contributed by atoms with van der Waals surface area (Å²) in [4.78, 5) is 13.3. The lowest BCUT2D eigenvalue weighted by molar-refractivity contribution is 0.0917. The topological polar surface area (TPSA) is 67.2 Å². The van der Waals surface area contributed by atoms with Crippen molar-refractivity contribution in [3.8, 4) is 10.6 Å². The van der Waals surface area contributed by atoms with Crippen molar-refractivity contribution >= 4 is 28.6 Å². The lowest BCUT2D eigenvalue weighted by Gasteiger charge is -2.10. The molecule has 3 heterocycles. The van der Waals surface area contributed by atoms with Crippen molar-refractivity contribution in [3.05, 3.63) is 51.7 Å². The van der Waals surface area contributed by atoms with Crippen molar-refractivity contribution in [1.82, 2.24) is 15.1 Å². The lowest BCUT2D eigenvalue weighted by atomic mass is 10.2. The van der Waals surface area contributed by atoms with Crippen LogP contribution in [0.15, 0.2) is 40.5 Å². The van der Waals surface area contributed by atoms with Gasteiger partial charge in [0.25, 0.3) is 5.91 Å². The Balaban J connectivity index is 1.73. The maximum Gasteiger partial charge on any atom is 0.255 e. The third-order valence-corrected chi connectivity index (χ3v) is 4.79. The van der Waals surface area contributed by atoms with Crippen molar-refractivity contribution in [2.24, 2.45) is 7.05 Å². The van der Waals surface area contributed by atoms with E-state index < -0.39 is 6.10 Å². The molecular formula is C15H15N3O2S2. The molecule has 0 aromatic carbocycles. The molecule has 0 aliphatic carbocycles. The molecule has 5 nitrogen and oxygen atoms in total. The molecule has 3 aromatic rings. The zero-order valence-electron chi connectivity index (χ0n) is 11.9. The monoisotopic (exact) mass is 333 g/mol. The van der Waals surface area contributed by atoms with Gasteiger partial charge in [-0.25, -0.2) is 0 Å². The average molecular weight is 333 g/mol. The number of thiophene rings is 2. The Labute approximate surface area is 135 Å². The highest BCUT2D eigenvalue weighted by Gasteiger charge is 2.18. The first kappa shape index (κ1) is 15.0. The minimum absolute atomic E-state index is 0.175. The molecule has 3 aromatic heterocycles. The number of rotatable bonds is 5. The van der Waals surface area contributed by atoms with Gasteiger partial charge in [0, 0.05) is 19.8 Å². The first-order valence-corrected chi connectivity index (χ1v) is 8.53. The van der Waals surface area contributed by atoms with Gasteiger partial charge in [-0.15, -0.1) is 11.3 Å². The van der Waals surface area contributed by atoms with Crippen molar-refractivity contribution in [2.45, 2.75) is 6.10 Å². The number of nitrogens with zero attached hydrogens (tertiary/aromatic N) is 2. The van der Waals surface area contributed by atoms with Crippen molar-refractivity contribution in [2.75, 3.05) is 6.54 Å². The Morgan fingerprint density at radius 2 is 2.32 bits per heavy atom. The number of aromatic nitrogens is 2. The number of hydrogen-bond donors (Lipinski definition) is 2. The van der Waals surface area contributed by atoms with Crippen molar-refractivity contribution in [3.63, 3.8) is 0 Å². The van der Waals surface area contributed by atoms with Gasteiger partial charge >= 0.3 is 0 Å². The molecule has 1 unspecified atom stereocenters. The number of hydrogen-bond acceptors (Lipinski definition) is 5. The maximum atomic E-state index is 12.4. The minimum Gasteiger partial charge on any atom is -0.387 e. The molecule has 1 amide bonds.